The molecule has 5 heteroatoms. The van der Waals surface area contributed by atoms with Crippen LogP contribution in [0.3, 0.4) is 0 Å². The van der Waals surface area contributed by atoms with E-state index in [2.05, 4.69) is 22.1 Å². The Labute approximate surface area is 126 Å². The molecule has 2 aliphatic rings. The van der Waals surface area contributed by atoms with Crippen molar-refractivity contribution in [2.75, 3.05) is 19.6 Å². The molecule has 1 saturated heterocycles. The summed E-state index contributed by atoms with van der Waals surface area (Å²) in [6.45, 7) is 6.97. The molecule has 2 fully saturated rings. The second-order valence-electron chi connectivity index (χ2n) is 5.55. The normalized spacial score (nSPS) is 22.7. The molecule has 1 N–H and O–H groups in total. The van der Waals surface area contributed by atoms with Gasteiger partial charge >= 0.3 is 0 Å². The predicted octanol–water partition coefficient (Wildman–Crippen LogP) is 3.02. The van der Waals surface area contributed by atoms with Crippen molar-refractivity contribution in [1.82, 2.24) is 15.2 Å². The van der Waals surface area contributed by atoms with E-state index in [0.717, 1.165) is 25.0 Å². The first kappa shape index (κ1) is 15.2. The summed E-state index contributed by atoms with van der Waals surface area (Å²) in [4.78, 5) is 8.79. The van der Waals surface area contributed by atoms with Gasteiger partial charge in [0.15, 0.2) is 0 Å². The first-order chi connectivity index (χ1) is 8.88. The Hall–Kier alpha value is -0.160. The summed E-state index contributed by atoms with van der Waals surface area (Å²) in [5.74, 6) is 0.788. The Balaban J connectivity index is 0.00000133. The molecule has 1 aromatic rings. The Morgan fingerprint density at radius 2 is 2.26 bits per heavy atom. The zero-order valence-electron chi connectivity index (χ0n) is 11.6. The van der Waals surface area contributed by atoms with Crippen LogP contribution in [0.1, 0.15) is 49.1 Å². The maximum absolute atomic E-state index is 4.59. The highest BCUT2D eigenvalue weighted by molar-refractivity contribution is 7.09. The Morgan fingerprint density at radius 3 is 2.89 bits per heavy atom. The third-order valence-electron chi connectivity index (χ3n) is 4.04. The van der Waals surface area contributed by atoms with Crippen molar-refractivity contribution in [2.24, 2.45) is 0 Å². The van der Waals surface area contributed by atoms with E-state index >= 15 is 0 Å². The van der Waals surface area contributed by atoms with E-state index in [1.807, 2.05) is 16.8 Å². The highest BCUT2D eigenvalue weighted by Crippen LogP contribution is 2.42. The fraction of sp³-hybridized carbons (Fsp3) is 0.786. The van der Waals surface area contributed by atoms with Gasteiger partial charge in [-0.1, -0.05) is 6.92 Å². The molecule has 19 heavy (non-hydrogen) atoms. The van der Waals surface area contributed by atoms with Crippen molar-refractivity contribution in [3.05, 3.63) is 16.1 Å². The highest BCUT2D eigenvalue weighted by atomic mass is 35.5. The van der Waals surface area contributed by atoms with Crippen molar-refractivity contribution < 1.29 is 0 Å². The van der Waals surface area contributed by atoms with Gasteiger partial charge in [-0.05, 0) is 38.8 Å². The van der Waals surface area contributed by atoms with E-state index in [1.165, 1.54) is 49.3 Å². The van der Waals surface area contributed by atoms with Crippen LogP contribution in [0.4, 0.5) is 0 Å². The zero-order valence-corrected chi connectivity index (χ0v) is 13.2. The number of rotatable bonds is 6. The molecule has 0 amide bonds. The molecule has 1 aromatic heterocycles. The van der Waals surface area contributed by atoms with Crippen LogP contribution in [0.25, 0.3) is 0 Å². The largest absolute Gasteiger partial charge is 0.315 e. The quantitative estimate of drug-likeness (QED) is 0.875. The lowest BCUT2D eigenvalue weighted by atomic mass is 10.2. The number of halogens is 1. The van der Waals surface area contributed by atoms with Crippen LogP contribution >= 0.6 is 23.7 Å². The maximum atomic E-state index is 4.59. The molecule has 0 bridgehead atoms. The molecule has 0 spiro atoms. The standard InChI is InChI=1S/C14H23N3S.ClH/c1-2-7-17(12-5-6-15-8-12)9-13-14(11-3-4-11)16-10-18-13;/h10-12,15H,2-9H2,1H3;1H. The molecule has 1 atom stereocenters. The average molecular weight is 302 g/mol. The molecule has 2 heterocycles. The molecule has 108 valence electrons. The Kier molecular flexibility index (Phi) is 5.63. The minimum absolute atomic E-state index is 0. The summed E-state index contributed by atoms with van der Waals surface area (Å²) in [5.41, 5.74) is 3.45. The number of hydrogen-bond donors (Lipinski definition) is 1. The van der Waals surface area contributed by atoms with Crippen molar-refractivity contribution in [2.45, 2.75) is 51.1 Å². The van der Waals surface area contributed by atoms with Gasteiger partial charge in [-0.3, -0.25) is 4.90 Å². The van der Waals surface area contributed by atoms with Gasteiger partial charge in [-0.2, -0.15) is 0 Å². The number of nitrogens with one attached hydrogen (secondary N) is 1. The van der Waals surface area contributed by atoms with Crippen LogP contribution in [-0.2, 0) is 6.54 Å². The second kappa shape index (κ2) is 7.02. The zero-order chi connectivity index (χ0) is 12.4. The molecule has 0 radical (unpaired) electrons. The minimum Gasteiger partial charge on any atom is -0.315 e. The summed E-state index contributed by atoms with van der Waals surface area (Å²) < 4.78 is 0. The van der Waals surface area contributed by atoms with Gasteiger partial charge in [-0.15, -0.1) is 23.7 Å². The third-order valence-corrected chi connectivity index (χ3v) is 4.88. The third kappa shape index (κ3) is 3.69. The lowest BCUT2D eigenvalue weighted by Crippen LogP contribution is -2.36. The fourth-order valence-electron chi connectivity index (χ4n) is 2.90. The summed E-state index contributed by atoms with van der Waals surface area (Å²) in [5, 5.41) is 3.49. The topological polar surface area (TPSA) is 28.2 Å². The van der Waals surface area contributed by atoms with Gasteiger partial charge in [0, 0.05) is 29.9 Å². The smallest absolute Gasteiger partial charge is 0.0798 e. The van der Waals surface area contributed by atoms with Gasteiger partial charge < -0.3 is 5.32 Å². The first-order valence-electron chi connectivity index (χ1n) is 7.25. The SMILES string of the molecule is CCCN(Cc1scnc1C1CC1)C1CCNC1.Cl. The molecule has 3 nitrogen and oxygen atoms in total. The molecule has 1 saturated carbocycles. The van der Waals surface area contributed by atoms with Gasteiger partial charge in [-0.25, -0.2) is 4.98 Å². The summed E-state index contributed by atoms with van der Waals surface area (Å²) in [6.07, 6.45) is 5.26. The maximum Gasteiger partial charge on any atom is 0.0798 e. The van der Waals surface area contributed by atoms with Gasteiger partial charge in [0.2, 0.25) is 0 Å². The molecule has 1 aliphatic heterocycles. The summed E-state index contributed by atoms with van der Waals surface area (Å²) >= 11 is 1.86. The minimum atomic E-state index is 0. The molecular formula is C14H24ClN3S. The molecule has 0 aromatic carbocycles. The van der Waals surface area contributed by atoms with Crippen LogP contribution < -0.4 is 5.32 Å². The van der Waals surface area contributed by atoms with Crippen LogP contribution in [0.5, 0.6) is 0 Å². The van der Waals surface area contributed by atoms with E-state index in [1.54, 1.807) is 0 Å². The predicted molar refractivity (Wildman–Crippen MR) is 83.3 cm³/mol. The van der Waals surface area contributed by atoms with E-state index in [-0.39, 0.29) is 12.4 Å². The Bertz CT molecular complexity index is 386. The van der Waals surface area contributed by atoms with Gasteiger partial charge in [0.1, 0.15) is 0 Å². The summed E-state index contributed by atoms with van der Waals surface area (Å²) in [7, 11) is 0. The van der Waals surface area contributed by atoms with Crippen molar-refractivity contribution in [3.63, 3.8) is 0 Å². The van der Waals surface area contributed by atoms with Crippen molar-refractivity contribution in [1.29, 1.82) is 0 Å². The highest BCUT2D eigenvalue weighted by Gasteiger charge is 2.30. The van der Waals surface area contributed by atoms with E-state index in [0.29, 0.717) is 0 Å². The number of hydrogen-bond acceptors (Lipinski definition) is 4. The Morgan fingerprint density at radius 1 is 1.42 bits per heavy atom. The molecule has 1 aliphatic carbocycles. The van der Waals surface area contributed by atoms with E-state index in [4.69, 9.17) is 0 Å². The monoisotopic (exact) mass is 301 g/mol. The lowest BCUT2D eigenvalue weighted by molar-refractivity contribution is 0.201. The first-order valence-corrected chi connectivity index (χ1v) is 8.13. The molecule has 3 rings (SSSR count). The average Bonchev–Trinajstić information content (AvgIpc) is 2.92. The van der Waals surface area contributed by atoms with Gasteiger partial charge in [0.05, 0.1) is 11.2 Å². The number of aromatic nitrogens is 1. The lowest BCUT2D eigenvalue weighted by Gasteiger charge is -2.27. The number of thiazole rings is 1. The second-order valence-corrected chi connectivity index (χ2v) is 6.49. The van der Waals surface area contributed by atoms with Crippen molar-refractivity contribution in [3.8, 4) is 0 Å². The van der Waals surface area contributed by atoms with Crippen LogP contribution in [0.2, 0.25) is 0 Å². The summed E-state index contributed by atoms with van der Waals surface area (Å²) in [6, 6.07) is 0.735. The van der Waals surface area contributed by atoms with E-state index < -0.39 is 0 Å². The number of nitrogens with zero attached hydrogens (tertiary/aromatic N) is 2. The van der Waals surface area contributed by atoms with Crippen LogP contribution in [0, 0.1) is 0 Å². The van der Waals surface area contributed by atoms with Crippen LogP contribution in [0.15, 0.2) is 5.51 Å². The van der Waals surface area contributed by atoms with E-state index in [9.17, 15) is 0 Å². The molecule has 1 unspecified atom stereocenters. The van der Waals surface area contributed by atoms with Crippen molar-refractivity contribution >= 4 is 23.7 Å². The molecular weight excluding hydrogens is 278 g/mol. The van der Waals surface area contributed by atoms with Gasteiger partial charge in [0.25, 0.3) is 0 Å². The fourth-order valence-corrected chi connectivity index (χ4v) is 3.77. The van der Waals surface area contributed by atoms with Crippen LogP contribution in [-0.4, -0.2) is 35.6 Å².